The summed E-state index contributed by atoms with van der Waals surface area (Å²) in [5.74, 6) is 0.368. The zero-order valence-electron chi connectivity index (χ0n) is 15.9. The molecule has 4 nitrogen and oxygen atoms in total. The Balaban J connectivity index is 1.39. The van der Waals surface area contributed by atoms with Gasteiger partial charge in [0.25, 0.3) is 0 Å². The lowest BCUT2D eigenvalue weighted by Crippen LogP contribution is -2.45. The Morgan fingerprint density at radius 1 is 1.10 bits per heavy atom. The molecule has 2 aliphatic rings. The van der Waals surface area contributed by atoms with Gasteiger partial charge in [0.15, 0.2) is 6.61 Å². The first-order valence-corrected chi connectivity index (χ1v) is 10.7. The molecule has 0 aliphatic carbocycles. The lowest BCUT2D eigenvalue weighted by atomic mass is 9.87. The summed E-state index contributed by atoms with van der Waals surface area (Å²) in [6.45, 7) is 0.720. The van der Waals surface area contributed by atoms with E-state index in [1.54, 1.807) is 29.0 Å². The fourth-order valence-electron chi connectivity index (χ4n) is 3.89. The van der Waals surface area contributed by atoms with Crippen LogP contribution in [0.5, 0.6) is 5.75 Å². The van der Waals surface area contributed by atoms with E-state index in [1.165, 1.54) is 12.1 Å². The van der Waals surface area contributed by atoms with Crippen molar-refractivity contribution < 1.29 is 22.7 Å². The highest BCUT2D eigenvalue weighted by Crippen LogP contribution is 2.40. The molecule has 0 aromatic heterocycles. The minimum atomic E-state index is -4.38. The monoisotopic (exact) mass is 456 g/mol. The molecule has 9 heteroatoms. The fraction of sp³-hybridized carbons (Fsp3) is 0.381. The number of rotatable bonds is 5. The molecule has 2 aromatic rings. The van der Waals surface area contributed by atoms with Gasteiger partial charge in [-0.3, -0.25) is 4.79 Å². The van der Waals surface area contributed by atoms with Crippen molar-refractivity contribution in [1.29, 1.82) is 0 Å². The van der Waals surface area contributed by atoms with E-state index in [-0.39, 0.29) is 23.5 Å². The number of alkyl halides is 3. The van der Waals surface area contributed by atoms with Crippen molar-refractivity contribution in [2.75, 3.05) is 31.1 Å². The summed E-state index contributed by atoms with van der Waals surface area (Å²) in [4.78, 5) is 15.8. The van der Waals surface area contributed by atoms with E-state index >= 15 is 0 Å². The standard InChI is InChI=1S/C21H20ClF3N2O2S/c22-18-3-1-2-4-19(18)30-26-11-14-9-10-27(20(28)17(14)12-26)15-5-7-16(8-6-15)29-13-21(23,24)25/h1-8,14,17H,9-13H2. The van der Waals surface area contributed by atoms with Crippen molar-refractivity contribution in [2.45, 2.75) is 17.5 Å². The molecule has 0 radical (unpaired) electrons. The maximum atomic E-state index is 13.1. The fourth-order valence-corrected chi connectivity index (χ4v) is 5.20. The molecule has 4 rings (SSSR count). The molecule has 2 fully saturated rings. The predicted octanol–water partition coefficient (Wildman–Crippen LogP) is 5.27. The lowest BCUT2D eigenvalue weighted by molar-refractivity contribution is -0.153. The summed E-state index contributed by atoms with van der Waals surface area (Å²) in [6, 6.07) is 13.8. The van der Waals surface area contributed by atoms with Gasteiger partial charge < -0.3 is 9.64 Å². The van der Waals surface area contributed by atoms with Crippen LogP contribution < -0.4 is 9.64 Å². The molecule has 2 saturated heterocycles. The van der Waals surface area contributed by atoms with Crippen molar-refractivity contribution >= 4 is 35.1 Å². The van der Waals surface area contributed by atoms with E-state index in [1.807, 2.05) is 24.3 Å². The van der Waals surface area contributed by atoms with Gasteiger partial charge in [-0.15, -0.1) is 0 Å². The van der Waals surface area contributed by atoms with Crippen LogP contribution in [0.2, 0.25) is 5.02 Å². The number of hydrogen-bond donors (Lipinski definition) is 0. The summed E-state index contributed by atoms with van der Waals surface area (Å²) in [6.07, 6.45) is -3.50. The number of fused-ring (bicyclic) bond motifs is 1. The second-order valence-corrected chi connectivity index (χ2v) is 8.96. The largest absolute Gasteiger partial charge is 0.484 e. The van der Waals surface area contributed by atoms with E-state index < -0.39 is 12.8 Å². The molecule has 160 valence electrons. The number of carbonyl (C=O) groups is 1. The number of benzene rings is 2. The molecule has 2 atom stereocenters. The van der Waals surface area contributed by atoms with E-state index in [0.29, 0.717) is 23.8 Å². The molecule has 0 saturated carbocycles. The van der Waals surface area contributed by atoms with Crippen molar-refractivity contribution in [3.8, 4) is 5.75 Å². The van der Waals surface area contributed by atoms with Gasteiger partial charge >= 0.3 is 6.18 Å². The van der Waals surface area contributed by atoms with Crippen LogP contribution in [0.15, 0.2) is 53.4 Å². The van der Waals surface area contributed by atoms with Gasteiger partial charge in [-0.05, 0) is 60.7 Å². The first-order chi connectivity index (χ1) is 14.3. The molecular weight excluding hydrogens is 437 g/mol. The molecule has 2 heterocycles. The summed E-state index contributed by atoms with van der Waals surface area (Å²) in [5, 5.41) is 0.693. The molecule has 2 aliphatic heterocycles. The number of nitrogens with zero attached hydrogens (tertiary/aromatic N) is 2. The minimum Gasteiger partial charge on any atom is -0.484 e. The number of anilines is 1. The third-order valence-corrected chi connectivity index (χ3v) is 6.88. The number of carbonyl (C=O) groups excluding carboxylic acids is 1. The van der Waals surface area contributed by atoms with Gasteiger partial charge in [-0.2, -0.15) is 13.2 Å². The number of ether oxygens (including phenoxy) is 1. The van der Waals surface area contributed by atoms with Gasteiger partial charge in [-0.1, -0.05) is 23.7 Å². The molecule has 2 aromatic carbocycles. The smallest absolute Gasteiger partial charge is 0.422 e. The van der Waals surface area contributed by atoms with E-state index in [2.05, 4.69) is 4.31 Å². The Hall–Kier alpha value is -1.90. The van der Waals surface area contributed by atoms with Crippen LogP contribution in [0, 0.1) is 11.8 Å². The SMILES string of the molecule is O=C1C2CN(Sc3ccccc3Cl)CC2CCN1c1ccc(OCC(F)(F)F)cc1. The summed E-state index contributed by atoms with van der Waals surface area (Å²) in [5.41, 5.74) is 0.676. The second kappa shape index (κ2) is 8.69. The average Bonchev–Trinajstić information content (AvgIpc) is 3.12. The molecule has 0 N–H and O–H groups in total. The Morgan fingerprint density at radius 2 is 1.83 bits per heavy atom. The van der Waals surface area contributed by atoms with Crippen molar-refractivity contribution in [3.05, 3.63) is 53.6 Å². The second-order valence-electron chi connectivity index (χ2n) is 7.41. The van der Waals surface area contributed by atoms with E-state index in [9.17, 15) is 18.0 Å². The lowest BCUT2D eigenvalue weighted by Gasteiger charge is -2.34. The predicted molar refractivity (Wildman–Crippen MR) is 111 cm³/mol. The van der Waals surface area contributed by atoms with Crippen LogP contribution in [0.25, 0.3) is 0 Å². The third kappa shape index (κ3) is 4.87. The maximum Gasteiger partial charge on any atom is 0.422 e. The Bertz CT molecular complexity index is 910. The van der Waals surface area contributed by atoms with Crippen LogP contribution >= 0.6 is 23.5 Å². The average molecular weight is 457 g/mol. The molecule has 0 spiro atoms. The van der Waals surface area contributed by atoms with Crippen molar-refractivity contribution in [2.24, 2.45) is 11.8 Å². The van der Waals surface area contributed by atoms with Crippen molar-refractivity contribution in [1.82, 2.24) is 4.31 Å². The van der Waals surface area contributed by atoms with Gasteiger partial charge in [0, 0.05) is 30.2 Å². The Labute approximate surface area is 182 Å². The number of amides is 1. The third-order valence-electron chi connectivity index (χ3n) is 5.33. The summed E-state index contributed by atoms with van der Waals surface area (Å²) < 4.78 is 43.8. The summed E-state index contributed by atoms with van der Waals surface area (Å²) >= 11 is 7.83. The van der Waals surface area contributed by atoms with Crippen molar-refractivity contribution in [3.63, 3.8) is 0 Å². The van der Waals surface area contributed by atoms with Gasteiger partial charge in [0.1, 0.15) is 5.75 Å². The molecular formula is C21H20ClF3N2O2S. The number of hydrogen-bond acceptors (Lipinski definition) is 4. The van der Waals surface area contributed by atoms with Gasteiger partial charge in [-0.25, -0.2) is 4.31 Å². The topological polar surface area (TPSA) is 32.8 Å². The van der Waals surface area contributed by atoms with E-state index in [4.69, 9.17) is 16.3 Å². The molecule has 2 unspecified atom stereocenters. The Kier molecular flexibility index (Phi) is 6.18. The Morgan fingerprint density at radius 3 is 2.53 bits per heavy atom. The van der Waals surface area contributed by atoms with Crippen LogP contribution in [0.1, 0.15) is 6.42 Å². The number of halogens is 4. The normalized spacial score (nSPS) is 22.3. The van der Waals surface area contributed by atoms with Gasteiger partial charge in [0.05, 0.1) is 10.9 Å². The molecule has 1 amide bonds. The quantitative estimate of drug-likeness (QED) is 0.573. The highest BCUT2D eigenvalue weighted by Gasteiger charge is 2.43. The van der Waals surface area contributed by atoms with Crippen LogP contribution in [-0.2, 0) is 4.79 Å². The first-order valence-electron chi connectivity index (χ1n) is 9.58. The van der Waals surface area contributed by atoms with Crippen LogP contribution in [0.3, 0.4) is 0 Å². The van der Waals surface area contributed by atoms with E-state index in [0.717, 1.165) is 17.9 Å². The minimum absolute atomic E-state index is 0.0532. The first kappa shape index (κ1) is 21.3. The summed E-state index contributed by atoms with van der Waals surface area (Å²) in [7, 11) is 0. The van der Waals surface area contributed by atoms with Crippen LogP contribution in [-0.4, -0.2) is 42.6 Å². The van der Waals surface area contributed by atoms with Gasteiger partial charge in [0.2, 0.25) is 5.91 Å². The maximum absolute atomic E-state index is 13.1. The van der Waals surface area contributed by atoms with Crippen LogP contribution in [0.4, 0.5) is 18.9 Å². The zero-order chi connectivity index (χ0) is 21.3. The zero-order valence-corrected chi connectivity index (χ0v) is 17.5. The molecule has 30 heavy (non-hydrogen) atoms. The number of piperidine rings is 1. The molecule has 0 bridgehead atoms. The highest BCUT2D eigenvalue weighted by atomic mass is 35.5. The highest BCUT2D eigenvalue weighted by molar-refractivity contribution is 7.97.